The molecule has 1 aliphatic heterocycles. The fourth-order valence-electron chi connectivity index (χ4n) is 1.26. The Morgan fingerprint density at radius 2 is 1.91 bits per heavy atom. The average Bonchev–Trinajstić information content (AvgIpc) is 2.36. The molecule has 0 saturated carbocycles. The lowest BCUT2D eigenvalue weighted by Gasteiger charge is -2.02. The molecule has 0 spiro atoms. The predicted molar refractivity (Wildman–Crippen MR) is 44.5 cm³/mol. The van der Waals surface area contributed by atoms with Crippen molar-refractivity contribution < 1.29 is 4.74 Å². The van der Waals surface area contributed by atoms with Gasteiger partial charge in [-0.1, -0.05) is 0 Å². The summed E-state index contributed by atoms with van der Waals surface area (Å²) < 4.78 is 5.30. The molecule has 1 aromatic carbocycles. The number of ether oxygens (including phenoxy) is 1. The van der Waals surface area contributed by atoms with Gasteiger partial charge in [0.1, 0.15) is 5.75 Å². The van der Waals surface area contributed by atoms with Crippen molar-refractivity contribution in [1.29, 1.82) is 0 Å². The van der Waals surface area contributed by atoms with Crippen LogP contribution in [0.3, 0.4) is 0 Å². The van der Waals surface area contributed by atoms with E-state index in [1.807, 2.05) is 6.07 Å². The highest BCUT2D eigenvalue weighted by atomic mass is 16.5. The van der Waals surface area contributed by atoms with E-state index in [0.717, 1.165) is 24.3 Å². The van der Waals surface area contributed by atoms with Crippen LogP contribution in [0.4, 0.5) is 11.4 Å². The zero-order valence-electron chi connectivity index (χ0n) is 6.13. The molecule has 11 heavy (non-hydrogen) atoms. The largest absolute Gasteiger partial charge is 0.493 e. The lowest BCUT2D eigenvalue weighted by atomic mass is 10.1. The summed E-state index contributed by atoms with van der Waals surface area (Å²) in [6.45, 7) is 0.748. The van der Waals surface area contributed by atoms with Gasteiger partial charge in [0, 0.05) is 12.5 Å². The first-order valence-corrected chi connectivity index (χ1v) is 3.58. The smallest absolute Gasteiger partial charge is 0.124 e. The fourth-order valence-corrected chi connectivity index (χ4v) is 1.26. The summed E-state index contributed by atoms with van der Waals surface area (Å²) in [4.78, 5) is 0. The van der Waals surface area contributed by atoms with Crippen LogP contribution in [0, 0.1) is 0 Å². The number of hydrogen-bond acceptors (Lipinski definition) is 3. The number of fused-ring (bicyclic) bond motifs is 1. The first-order chi connectivity index (χ1) is 5.27. The maximum atomic E-state index is 5.61. The maximum Gasteiger partial charge on any atom is 0.124 e. The number of anilines is 2. The van der Waals surface area contributed by atoms with Gasteiger partial charge < -0.3 is 16.2 Å². The Balaban J connectivity index is 2.57. The maximum absolute atomic E-state index is 5.61. The third-order valence-corrected chi connectivity index (χ3v) is 1.90. The van der Waals surface area contributed by atoms with Gasteiger partial charge in [0.05, 0.1) is 18.0 Å². The van der Waals surface area contributed by atoms with E-state index in [9.17, 15) is 0 Å². The minimum atomic E-state index is 0.602. The third kappa shape index (κ3) is 0.888. The highest BCUT2D eigenvalue weighted by molar-refractivity contribution is 5.68. The lowest BCUT2D eigenvalue weighted by molar-refractivity contribution is 0.357. The highest BCUT2D eigenvalue weighted by Crippen LogP contribution is 2.31. The van der Waals surface area contributed by atoms with Crippen LogP contribution in [-0.2, 0) is 6.42 Å². The van der Waals surface area contributed by atoms with Gasteiger partial charge in [-0.3, -0.25) is 0 Å². The van der Waals surface area contributed by atoms with E-state index < -0.39 is 0 Å². The first kappa shape index (κ1) is 6.34. The normalized spacial score (nSPS) is 14.2. The summed E-state index contributed by atoms with van der Waals surface area (Å²) in [6.07, 6.45) is 0.944. The molecule has 1 aliphatic rings. The van der Waals surface area contributed by atoms with Crippen molar-refractivity contribution in [3.05, 3.63) is 17.7 Å². The van der Waals surface area contributed by atoms with Crippen LogP contribution in [-0.4, -0.2) is 6.61 Å². The molecule has 4 N–H and O–H groups in total. The number of nitrogen functional groups attached to an aromatic ring is 2. The summed E-state index contributed by atoms with van der Waals surface area (Å²) in [5.41, 5.74) is 13.6. The third-order valence-electron chi connectivity index (χ3n) is 1.90. The predicted octanol–water partition coefficient (Wildman–Crippen LogP) is 0.786. The highest BCUT2D eigenvalue weighted by Gasteiger charge is 2.12. The van der Waals surface area contributed by atoms with Gasteiger partial charge in [0.2, 0.25) is 0 Å². The summed E-state index contributed by atoms with van der Waals surface area (Å²) in [6, 6.07) is 3.68. The van der Waals surface area contributed by atoms with E-state index in [4.69, 9.17) is 16.2 Å². The van der Waals surface area contributed by atoms with Crippen molar-refractivity contribution in [2.24, 2.45) is 0 Å². The van der Waals surface area contributed by atoms with Gasteiger partial charge in [-0.2, -0.15) is 0 Å². The molecule has 0 bridgehead atoms. The van der Waals surface area contributed by atoms with Crippen LogP contribution >= 0.6 is 0 Å². The minimum absolute atomic E-state index is 0.602. The molecule has 0 fully saturated rings. The van der Waals surface area contributed by atoms with Crippen molar-refractivity contribution in [3.63, 3.8) is 0 Å². The van der Waals surface area contributed by atoms with Crippen LogP contribution in [0.2, 0.25) is 0 Å². The molecule has 0 aliphatic carbocycles. The number of nitrogens with two attached hydrogens (primary N) is 2. The topological polar surface area (TPSA) is 61.3 Å². The molecule has 0 saturated heterocycles. The Bertz CT molecular complexity index is 267. The zero-order valence-corrected chi connectivity index (χ0v) is 6.13. The molecule has 1 aromatic rings. The summed E-state index contributed by atoms with van der Waals surface area (Å²) in [7, 11) is 0. The molecule has 2 rings (SSSR count). The average molecular weight is 150 g/mol. The molecular formula is C8H10N2O. The van der Waals surface area contributed by atoms with Gasteiger partial charge >= 0.3 is 0 Å². The monoisotopic (exact) mass is 150 g/mol. The Labute approximate surface area is 64.9 Å². The molecule has 0 radical (unpaired) electrons. The number of rotatable bonds is 0. The van der Waals surface area contributed by atoms with E-state index in [1.54, 1.807) is 6.07 Å². The molecule has 3 heteroatoms. The van der Waals surface area contributed by atoms with Crippen molar-refractivity contribution in [3.8, 4) is 5.75 Å². The second kappa shape index (κ2) is 2.05. The minimum Gasteiger partial charge on any atom is -0.493 e. The van der Waals surface area contributed by atoms with E-state index in [-0.39, 0.29) is 0 Å². The Hall–Kier alpha value is -1.38. The van der Waals surface area contributed by atoms with Crippen molar-refractivity contribution in [2.45, 2.75) is 6.42 Å². The zero-order chi connectivity index (χ0) is 7.84. The number of hydrogen-bond donors (Lipinski definition) is 2. The molecule has 0 atom stereocenters. The SMILES string of the molecule is Nc1cc2c(cc1N)OCC2. The molecule has 0 amide bonds. The summed E-state index contributed by atoms with van der Waals surface area (Å²) in [5.74, 6) is 0.886. The van der Waals surface area contributed by atoms with Crippen LogP contribution in [0.15, 0.2) is 12.1 Å². The van der Waals surface area contributed by atoms with E-state index in [1.165, 1.54) is 0 Å². The van der Waals surface area contributed by atoms with E-state index in [2.05, 4.69) is 0 Å². The molecule has 1 heterocycles. The summed E-state index contributed by atoms with van der Waals surface area (Å²) in [5, 5.41) is 0. The van der Waals surface area contributed by atoms with Crippen molar-refractivity contribution >= 4 is 11.4 Å². The standard InChI is InChI=1S/C8H10N2O/c9-6-3-5-1-2-11-8(5)4-7(6)10/h3-4H,1-2,9-10H2. The second-order valence-electron chi connectivity index (χ2n) is 2.69. The number of benzene rings is 1. The van der Waals surface area contributed by atoms with Crippen molar-refractivity contribution in [1.82, 2.24) is 0 Å². The molecule has 0 unspecified atom stereocenters. The molecule has 58 valence electrons. The van der Waals surface area contributed by atoms with Gasteiger partial charge in [-0.05, 0) is 11.6 Å². The van der Waals surface area contributed by atoms with Gasteiger partial charge in [-0.25, -0.2) is 0 Å². The fraction of sp³-hybridized carbons (Fsp3) is 0.250. The quantitative estimate of drug-likeness (QED) is 0.537. The van der Waals surface area contributed by atoms with Crippen molar-refractivity contribution in [2.75, 3.05) is 18.1 Å². The Kier molecular flexibility index (Phi) is 1.18. The van der Waals surface area contributed by atoms with E-state index in [0.29, 0.717) is 11.4 Å². The van der Waals surface area contributed by atoms with Crippen LogP contribution in [0.1, 0.15) is 5.56 Å². The summed E-state index contributed by atoms with van der Waals surface area (Å²) >= 11 is 0. The Morgan fingerprint density at radius 3 is 2.73 bits per heavy atom. The van der Waals surface area contributed by atoms with Crippen LogP contribution in [0.25, 0.3) is 0 Å². The van der Waals surface area contributed by atoms with E-state index >= 15 is 0 Å². The Morgan fingerprint density at radius 1 is 1.18 bits per heavy atom. The van der Waals surface area contributed by atoms with Gasteiger partial charge in [-0.15, -0.1) is 0 Å². The van der Waals surface area contributed by atoms with Gasteiger partial charge in [0.15, 0.2) is 0 Å². The first-order valence-electron chi connectivity index (χ1n) is 3.58. The second-order valence-corrected chi connectivity index (χ2v) is 2.69. The van der Waals surface area contributed by atoms with Gasteiger partial charge in [0.25, 0.3) is 0 Å². The van der Waals surface area contributed by atoms with Crippen LogP contribution in [0.5, 0.6) is 5.75 Å². The lowest BCUT2D eigenvalue weighted by Crippen LogP contribution is -1.94. The molecule has 0 aromatic heterocycles. The molecule has 3 nitrogen and oxygen atoms in total. The molecular weight excluding hydrogens is 140 g/mol. The van der Waals surface area contributed by atoms with Crippen LogP contribution < -0.4 is 16.2 Å².